The summed E-state index contributed by atoms with van der Waals surface area (Å²) in [5, 5.41) is 0. The van der Waals surface area contributed by atoms with E-state index < -0.39 is 5.60 Å². The number of carbonyl (C=O) groups excluding carboxylic acids is 1. The molecule has 0 aliphatic carbocycles. The Kier molecular flexibility index (Phi) is 3.80. The largest absolute Gasteiger partial charge is 0.461 e. The second-order valence-electron chi connectivity index (χ2n) is 6.13. The van der Waals surface area contributed by atoms with Crippen molar-refractivity contribution in [2.45, 2.75) is 50.7 Å². The minimum absolute atomic E-state index is 0.0399. The summed E-state index contributed by atoms with van der Waals surface area (Å²) in [6.45, 7) is 4.38. The van der Waals surface area contributed by atoms with Crippen LogP contribution >= 0.6 is 0 Å². The van der Waals surface area contributed by atoms with Crippen LogP contribution < -0.4 is 0 Å². The first-order valence-electron chi connectivity index (χ1n) is 7.56. The number of carbonyl (C=O) groups is 1. The quantitative estimate of drug-likeness (QED) is 0.618. The molecule has 1 aromatic rings. The molecule has 2 bridgehead atoms. The van der Waals surface area contributed by atoms with E-state index in [2.05, 4.69) is 6.92 Å². The van der Waals surface area contributed by atoms with E-state index in [1.807, 2.05) is 45.1 Å². The molecule has 2 aliphatic heterocycles. The van der Waals surface area contributed by atoms with Crippen molar-refractivity contribution in [2.24, 2.45) is 5.92 Å². The van der Waals surface area contributed by atoms with Crippen LogP contribution in [-0.2, 0) is 25.6 Å². The van der Waals surface area contributed by atoms with Crippen molar-refractivity contribution >= 4 is 13.8 Å². The molecule has 2 heterocycles. The molecule has 1 unspecified atom stereocenters. The minimum atomic E-state index is -0.530. The fourth-order valence-electron chi connectivity index (χ4n) is 3.61. The highest BCUT2D eigenvalue weighted by atomic mass is 16.6. The van der Waals surface area contributed by atoms with Crippen molar-refractivity contribution in [1.29, 1.82) is 0 Å². The van der Waals surface area contributed by atoms with Gasteiger partial charge < -0.3 is 14.2 Å². The highest BCUT2D eigenvalue weighted by Crippen LogP contribution is 2.49. The molecule has 5 heteroatoms. The fourth-order valence-corrected chi connectivity index (χ4v) is 3.61. The maximum atomic E-state index is 12.2. The van der Waals surface area contributed by atoms with E-state index in [4.69, 9.17) is 14.2 Å². The summed E-state index contributed by atoms with van der Waals surface area (Å²) in [4.78, 5) is 12.2. The molecular weight excluding hydrogens is 267 g/mol. The van der Waals surface area contributed by atoms with E-state index >= 15 is 0 Å². The molecule has 5 atom stereocenters. The van der Waals surface area contributed by atoms with E-state index in [1.54, 1.807) is 0 Å². The monoisotopic (exact) mass is 288 g/mol. The first kappa shape index (κ1) is 14.6. The van der Waals surface area contributed by atoms with Gasteiger partial charge >= 0.3 is 5.97 Å². The topological polar surface area (TPSA) is 44.8 Å². The van der Waals surface area contributed by atoms with Crippen LogP contribution in [0.3, 0.4) is 0 Å². The van der Waals surface area contributed by atoms with E-state index in [0.717, 1.165) is 5.56 Å². The number of hydrogen-bond donors (Lipinski definition) is 0. The molecule has 2 saturated heterocycles. The Hall–Kier alpha value is -1.33. The van der Waals surface area contributed by atoms with Crippen LogP contribution in [0.4, 0.5) is 0 Å². The predicted molar refractivity (Wildman–Crippen MR) is 80.5 cm³/mol. The molecule has 0 amide bonds. The Morgan fingerprint density at radius 2 is 2.05 bits per heavy atom. The Labute approximate surface area is 126 Å². The Morgan fingerprint density at radius 3 is 2.67 bits per heavy atom. The van der Waals surface area contributed by atoms with Crippen LogP contribution in [0.1, 0.15) is 25.8 Å². The van der Waals surface area contributed by atoms with Gasteiger partial charge in [-0.2, -0.15) is 0 Å². The van der Waals surface area contributed by atoms with Crippen LogP contribution in [0.2, 0.25) is 0 Å². The van der Waals surface area contributed by atoms with Crippen molar-refractivity contribution in [1.82, 2.24) is 0 Å². The molecule has 3 rings (SSSR count). The molecule has 0 radical (unpaired) electrons. The van der Waals surface area contributed by atoms with Gasteiger partial charge in [0.25, 0.3) is 0 Å². The second-order valence-corrected chi connectivity index (χ2v) is 6.13. The average Bonchev–Trinajstić information content (AvgIpc) is 2.84. The minimum Gasteiger partial charge on any atom is -0.461 e. The maximum Gasteiger partial charge on any atom is 0.309 e. The van der Waals surface area contributed by atoms with Gasteiger partial charge in [0, 0.05) is 5.92 Å². The third kappa shape index (κ3) is 2.49. The number of ether oxygens (including phenoxy) is 3. The SMILES string of the molecule is B[C@@H]1O[C@]2(CC(=O)OCc3ccccc3)C(C)[C@@H]1O[C@H]2C. The Balaban J connectivity index is 1.62. The smallest absolute Gasteiger partial charge is 0.309 e. The van der Waals surface area contributed by atoms with Crippen molar-refractivity contribution < 1.29 is 19.0 Å². The Morgan fingerprint density at radius 1 is 1.33 bits per heavy atom. The summed E-state index contributed by atoms with van der Waals surface area (Å²) in [7, 11) is 2.00. The van der Waals surface area contributed by atoms with Gasteiger partial charge in [-0.15, -0.1) is 0 Å². The summed E-state index contributed by atoms with van der Waals surface area (Å²) < 4.78 is 17.4. The van der Waals surface area contributed by atoms with Gasteiger partial charge in [0.2, 0.25) is 0 Å². The number of fused-ring (bicyclic) bond motifs is 2. The van der Waals surface area contributed by atoms with Gasteiger partial charge in [-0.05, 0) is 12.5 Å². The van der Waals surface area contributed by atoms with Gasteiger partial charge in [-0.25, -0.2) is 0 Å². The number of rotatable bonds is 4. The summed E-state index contributed by atoms with van der Waals surface area (Å²) in [6.07, 6.45) is 0.267. The molecule has 0 aromatic heterocycles. The van der Waals surface area contributed by atoms with Gasteiger partial charge in [-0.3, -0.25) is 4.79 Å². The second kappa shape index (κ2) is 5.46. The number of hydrogen-bond acceptors (Lipinski definition) is 4. The molecule has 0 N–H and O–H groups in total. The number of benzene rings is 1. The predicted octanol–water partition coefficient (Wildman–Crippen LogP) is 1.27. The first-order chi connectivity index (χ1) is 10.0. The first-order valence-corrected chi connectivity index (χ1v) is 7.56. The van der Waals surface area contributed by atoms with Crippen LogP contribution in [-0.4, -0.2) is 37.6 Å². The highest BCUT2D eigenvalue weighted by Gasteiger charge is 2.62. The lowest BCUT2D eigenvalue weighted by Crippen LogP contribution is -2.46. The zero-order valence-corrected chi connectivity index (χ0v) is 12.7. The van der Waals surface area contributed by atoms with E-state index in [0.29, 0.717) is 6.61 Å². The summed E-state index contributed by atoms with van der Waals surface area (Å²) >= 11 is 0. The Bertz CT molecular complexity index is 520. The fraction of sp³-hybridized carbons (Fsp3) is 0.562. The molecule has 21 heavy (non-hydrogen) atoms. The van der Waals surface area contributed by atoms with Gasteiger partial charge in [0.1, 0.15) is 20.1 Å². The molecule has 4 nitrogen and oxygen atoms in total. The van der Waals surface area contributed by atoms with Crippen molar-refractivity contribution in [2.75, 3.05) is 0 Å². The number of esters is 1. The standard InChI is InChI=1S/C16H21BO4/c1-10-14-15(17)21-16(10,11(2)20-14)8-13(18)19-9-12-6-4-3-5-7-12/h3-7,10-11,14-15H,8-9,17H2,1-2H3/t10?,11-,14-,15+,16+/m0/s1. The van der Waals surface area contributed by atoms with Crippen molar-refractivity contribution in [3.8, 4) is 0 Å². The van der Waals surface area contributed by atoms with Gasteiger partial charge in [0.15, 0.2) is 0 Å². The third-order valence-electron chi connectivity index (χ3n) is 4.84. The van der Waals surface area contributed by atoms with E-state index in [9.17, 15) is 4.79 Å². The zero-order valence-electron chi connectivity index (χ0n) is 12.7. The zero-order chi connectivity index (χ0) is 15.0. The highest BCUT2D eigenvalue weighted by molar-refractivity contribution is 6.11. The average molecular weight is 288 g/mol. The molecular formula is C16H21BO4. The van der Waals surface area contributed by atoms with Crippen LogP contribution in [0, 0.1) is 5.92 Å². The molecule has 112 valence electrons. The normalized spacial score (nSPS) is 37.6. The summed E-state index contributed by atoms with van der Waals surface area (Å²) in [5.41, 5.74) is 0.461. The lowest BCUT2D eigenvalue weighted by Gasteiger charge is -2.35. The van der Waals surface area contributed by atoms with Crippen molar-refractivity contribution in [3.63, 3.8) is 0 Å². The van der Waals surface area contributed by atoms with Gasteiger partial charge in [0.05, 0.1) is 24.6 Å². The lowest BCUT2D eigenvalue weighted by atomic mass is 9.82. The van der Waals surface area contributed by atoms with E-state index in [1.165, 1.54) is 0 Å². The van der Waals surface area contributed by atoms with Crippen molar-refractivity contribution in [3.05, 3.63) is 35.9 Å². The third-order valence-corrected chi connectivity index (χ3v) is 4.84. The van der Waals surface area contributed by atoms with Crippen LogP contribution in [0.15, 0.2) is 30.3 Å². The van der Waals surface area contributed by atoms with Crippen LogP contribution in [0.25, 0.3) is 0 Å². The summed E-state index contributed by atoms with van der Waals surface area (Å²) in [6, 6.07) is 9.74. The molecule has 0 saturated carbocycles. The maximum absolute atomic E-state index is 12.2. The lowest BCUT2D eigenvalue weighted by molar-refractivity contribution is -0.175. The van der Waals surface area contributed by atoms with E-state index in [-0.39, 0.29) is 36.5 Å². The molecule has 0 spiro atoms. The van der Waals surface area contributed by atoms with Crippen LogP contribution in [0.5, 0.6) is 0 Å². The molecule has 1 aromatic carbocycles. The molecule has 2 aliphatic rings. The van der Waals surface area contributed by atoms with Gasteiger partial charge in [-0.1, -0.05) is 37.3 Å². The molecule has 2 fully saturated rings. The summed E-state index contributed by atoms with van der Waals surface area (Å²) in [5.74, 6) is -0.0114.